The number of nitriles is 1. The first-order valence-electron chi connectivity index (χ1n) is 15.3. The van der Waals surface area contributed by atoms with Crippen molar-refractivity contribution in [3.05, 3.63) is 108 Å². The van der Waals surface area contributed by atoms with E-state index in [1.165, 1.54) is 6.33 Å². The highest BCUT2D eigenvalue weighted by atomic mass is 31.2. The summed E-state index contributed by atoms with van der Waals surface area (Å²) in [5.41, 5.74) is 8.56. The molecule has 0 amide bonds. The second-order valence-electron chi connectivity index (χ2n) is 11.0. The molecule has 0 saturated carbocycles. The molecule has 1 saturated heterocycles. The van der Waals surface area contributed by atoms with Crippen LogP contribution in [-0.2, 0) is 19.6 Å². The molecule has 5 aromatic rings. The highest BCUT2D eigenvalue weighted by Crippen LogP contribution is 2.44. The monoisotopic (exact) mass is 669 g/mol. The van der Waals surface area contributed by atoms with Gasteiger partial charge in [0.05, 0.1) is 39.3 Å². The maximum Gasteiger partial charge on any atom is 0.253 e. The predicted molar refractivity (Wildman–Crippen MR) is 179 cm³/mol. The molecule has 3 heterocycles. The van der Waals surface area contributed by atoms with Gasteiger partial charge in [0, 0.05) is 19.4 Å². The highest BCUT2D eigenvalue weighted by Gasteiger charge is 2.44. The van der Waals surface area contributed by atoms with Gasteiger partial charge in [0.1, 0.15) is 41.3 Å². The summed E-state index contributed by atoms with van der Waals surface area (Å²) >= 11 is 0. The van der Waals surface area contributed by atoms with Crippen LogP contribution in [0.25, 0.3) is 11.2 Å². The molecule has 3 aromatic carbocycles. The molecule has 0 radical (unpaired) electrons. The molecule has 48 heavy (non-hydrogen) atoms. The SMILES string of the molecule is COc1ccc(C(OC[C@H]2O[C@@H](n3cnc4c(N)ncnc43)C[C@@H]2OP(O)NCCC#N)(c2ccccc2)c2ccc(OC)cc2)cc1. The highest BCUT2D eigenvalue weighted by molar-refractivity contribution is 7.43. The standard InChI is InChI=1S/C34H36N7O6P/c1-43-26-13-9-24(10-14-26)34(23-7-4-3-5-8-23,25-11-15-27(44-2)16-12-25)45-20-29-28(47-48(42)40-18-6-17-35)19-30(46-29)41-22-39-31-32(36)37-21-38-33(31)41/h3-5,7-16,21-22,28-30,40,42H,6,18-20H2,1-2H3,(H2,36,37,38)/t28-,29+,30+,48?/m0/s1. The summed E-state index contributed by atoms with van der Waals surface area (Å²) in [6.45, 7) is 0.352. The Labute approximate surface area is 279 Å². The second-order valence-corrected chi connectivity index (χ2v) is 12.1. The van der Waals surface area contributed by atoms with Gasteiger partial charge in [0.2, 0.25) is 0 Å². The minimum Gasteiger partial charge on any atom is -0.497 e. The molecule has 1 fully saturated rings. The third-order valence-corrected chi connectivity index (χ3v) is 9.20. The Balaban J connectivity index is 1.38. The average molecular weight is 670 g/mol. The van der Waals surface area contributed by atoms with E-state index in [1.807, 2.05) is 78.9 Å². The fraction of sp³-hybridized carbons (Fsp3) is 0.294. The van der Waals surface area contributed by atoms with Crippen LogP contribution in [0.5, 0.6) is 11.5 Å². The first kappa shape index (κ1) is 33.2. The normalized spacial score (nSPS) is 18.4. The van der Waals surface area contributed by atoms with Crippen molar-refractivity contribution < 1.29 is 28.4 Å². The number of imidazole rings is 1. The van der Waals surface area contributed by atoms with Crippen LogP contribution >= 0.6 is 8.53 Å². The summed E-state index contributed by atoms with van der Waals surface area (Å²) in [5.74, 6) is 1.68. The van der Waals surface area contributed by atoms with Crippen LogP contribution in [0, 0.1) is 11.3 Å². The van der Waals surface area contributed by atoms with Crippen LogP contribution in [0.1, 0.15) is 35.8 Å². The van der Waals surface area contributed by atoms with Crippen molar-refractivity contribution in [3.63, 3.8) is 0 Å². The van der Waals surface area contributed by atoms with Crippen LogP contribution in [0.15, 0.2) is 91.5 Å². The summed E-state index contributed by atoms with van der Waals surface area (Å²) < 4.78 is 32.6. The number of hydrogen-bond acceptors (Lipinski definition) is 12. The Bertz CT molecular complexity index is 1790. The number of hydrogen-bond donors (Lipinski definition) is 3. The topological polar surface area (TPSA) is 172 Å². The molecule has 4 atom stereocenters. The van der Waals surface area contributed by atoms with Gasteiger partial charge < -0.3 is 34.1 Å². The summed E-state index contributed by atoms with van der Waals surface area (Å²) in [5, 5.41) is 11.8. The fourth-order valence-electron chi connectivity index (χ4n) is 5.87. The fourth-order valence-corrected chi connectivity index (χ4v) is 6.72. The number of nitrogen functional groups attached to an aromatic ring is 1. The van der Waals surface area contributed by atoms with E-state index in [9.17, 15) is 4.89 Å². The lowest BCUT2D eigenvalue weighted by atomic mass is 9.80. The Hall–Kier alpha value is -4.67. The maximum absolute atomic E-state index is 10.8. The van der Waals surface area contributed by atoms with Crippen molar-refractivity contribution >= 4 is 25.5 Å². The number of methoxy groups -OCH3 is 2. The van der Waals surface area contributed by atoms with E-state index in [-0.39, 0.29) is 25.4 Å². The van der Waals surface area contributed by atoms with Crippen LogP contribution in [0.3, 0.4) is 0 Å². The molecule has 4 N–H and O–H groups in total. The maximum atomic E-state index is 10.8. The van der Waals surface area contributed by atoms with E-state index in [1.54, 1.807) is 25.1 Å². The van der Waals surface area contributed by atoms with Gasteiger partial charge in [-0.05, 0) is 41.0 Å². The molecule has 0 aliphatic carbocycles. The lowest BCUT2D eigenvalue weighted by Gasteiger charge is -2.37. The van der Waals surface area contributed by atoms with E-state index in [2.05, 4.69) is 26.1 Å². The number of aromatic nitrogens is 4. The Kier molecular flexibility index (Phi) is 10.4. The number of anilines is 1. The molecule has 13 nitrogen and oxygen atoms in total. The van der Waals surface area contributed by atoms with Gasteiger partial charge in [-0.3, -0.25) is 4.57 Å². The average Bonchev–Trinajstić information content (AvgIpc) is 3.74. The van der Waals surface area contributed by atoms with Gasteiger partial charge in [0.15, 0.2) is 11.5 Å². The van der Waals surface area contributed by atoms with Gasteiger partial charge in [-0.2, -0.15) is 5.26 Å². The molecule has 248 valence electrons. The van der Waals surface area contributed by atoms with Crippen LogP contribution in [-0.4, -0.2) is 64.0 Å². The van der Waals surface area contributed by atoms with Crippen molar-refractivity contribution in [3.8, 4) is 17.6 Å². The first-order chi connectivity index (χ1) is 23.5. The van der Waals surface area contributed by atoms with Crippen molar-refractivity contribution in [1.29, 1.82) is 5.26 Å². The third kappa shape index (κ3) is 6.81. The summed E-state index contributed by atoms with van der Waals surface area (Å²) in [4.78, 5) is 23.6. The van der Waals surface area contributed by atoms with Gasteiger partial charge in [-0.15, -0.1) is 0 Å². The number of nitrogens with two attached hydrogens (primary N) is 1. The Morgan fingerprint density at radius 3 is 2.25 bits per heavy atom. The molecular weight excluding hydrogens is 633 g/mol. The lowest BCUT2D eigenvalue weighted by molar-refractivity contribution is -0.0902. The van der Waals surface area contributed by atoms with Gasteiger partial charge in [0.25, 0.3) is 8.53 Å². The van der Waals surface area contributed by atoms with E-state index >= 15 is 0 Å². The molecule has 1 aliphatic rings. The molecular formula is C34H36N7O6P. The van der Waals surface area contributed by atoms with Crippen molar-refractivity contribution in [2.45, 2.75) is 36.9 Å². The smallest absolute Gasteiger partial charge is 0.253 e. The molecule has 1 unspecified atom stereocenters. The molecule has 0 spiro atoms. The number of nitrogens with one attached hydrogen (secondary N) is 1. The van der Waals surface area contributed by atoms with Crippen LogP contribution < -0.4 is 20.3 Å². The van der Waals surface area contributed by atoms with Crippen molar-refractivity contribution in [2.24, 2.45) is 0 Å². The summed E-state index contributed by atoms with van der Waals surface area (Å²) in [7, 11) is 1.19. The largest absolute Gasteiger partial charge is 0.497 e. The van der Waals surface area contributed by atoms with Crippen molar-refractivity contribution in [1.82, 2.24) is 24.6 Å². The zero-order chi connectivity index (χ0) is 33.5. The number of ether oxygens (including phenoxy) is 4. The second kappa shape index (κ2) is 15.0. The predicted octanol–water partition coefficient (Wildman–Crippen LogP) is 4.83. The first-order valence-corrected chi connectivity index (χ1v) is 16.5. The van der Waals surface area contributed by atoms with Crippen LogP contribution in [0.2, 0.25) is 0 Å². The number of nitrogens with zero attached hydrogens (tertiary/aromatic N) is 5. The lowest BCUT2D eigenvalue weighted by Crippen LogP contribution is -2.38. The van der Waals surface area contributed by atoms with Gasteiger partial charge >= 0.3 is 0 Å². The Morgan fingerprint density at radius 2 is 1.62 bits per heavy atom. The summed E-state index contributed by atoms with van der Waals surface area (Å²) in [6.07, 6.45) is 1.77. The molecule has 2 aromatic heterocycles. The Morgan fingerprint density at radius 1 is 0.979 bits per heavy atom. The van der Waals surface area contributed by atoms with E-state index in [4.69, 9.17) is 34.5 Å². The minimum absolute atomic E-state index is 0.0687. The van der Waals surface area contributed by atoms with Gasteiger partial charge in [-0.1, -0.05) is 54.6 Å². The minimum atomic E-state index is -2.06. The summed E-state index contributed by atoms with van der Waals surface area (Å²) in [6, 6.07) is 27.5. The van der Waals surface area contributed by atoms with Gasteiger partial charge in [-0.25, -0.2) is 20.0 Å². The third-order valence-electron chi connectivity index (χ3n) is 8.23. The molecule has 0 bridgehead atoms. The number of rotatable bonds is 14. The number of benzene rings is 3. The van der Waals surface area contributed by atoms with Crippen molar-refractivity contribution in [2.75, 3.05) is 33.1 Å². The zero-order valence-electron chi connectivity index (χ0n) is 26.5. The van der Waals surface area contributed by atoms with E-state index in [0.29, 0.717) is 29.1 Å². The number of fused-ring (bicyclic) bond motifs is 1. The molecule has 1 aliphatic heterocycles. The quantitative estimate of drug-likeness (QED) is 0.0837. The molecule has 6 rings (SSSR count). The van der Waals surface area contributed by atoms with E-state index in [0.717, 1.165) is 16.7 Å². The van der Waals surface area contributed by atoms with E-state index < -0.39 is 32.6 Å². The van der Waals surface area contributed by atoms with Crippen LogP contribution in [0.4, 0.5) is 5.82 Å². The molecule has 14 heteroatoms. The zero-order valence-corrected chi connectivity index (χ0v) is 27.4.